The summed E-state index contributed by atoms with van der Waals surface area (Å²) in [4.78, 5) is 0. The predicted molar refractivity (Wildman–Crippen MR) is 41.7 cm³/mol. The predicted octanol–water partition coefficient (Wildman–Crippen LogP) is 3.47. The zero-order chi connectivity index (χ0) is 8.70. The first-order valence-corrected chi connectivity index (χ1v) is 4.21. The quantitative estimate of drug-likeness (QED) is 0.511. The summed E-state index contributed by atoms with van der Waals surface area (Å²) >= 11 is 0. The second-order valence-electron chi connectivity index (χ2n) is 4.54. The van der Waals surface area contributed by atoms with Gasteiger partial charge in [-0.15, -0.1) is 0 Å². The van der Waals surface area contributed by atoms with Crippen molar-refractivity contribution in [3.63, 3.8) is 0 Å². The molecule has 1 atom stereocenters. The van der Waals surface area contributed by atoms with E-state index >= 15 is 0 Å². The fourth-order valence-corrected chi connectivity index (χ4v) is 1.72. The van der Waals surface area contributed by atoms with E-state index in [1.807, 2.05) is 13.8 Å². The average Bonchev–Trinajstić information content (AvgIpc) is 1.77. The van der Waals surface area contributed by atoms with Gasteiger partial charge in [0.05, 0.1) is 0 Å². The van der Waals surface area contributed by atoms with Gasteiger partial charge in [-0.25, -0.2) is 8.78 Å². The Morgan fingerprint density at radius 3 is 2.18 bits per heavy atom. The number of hydrogen-bond acceptors (Lipinski definition) is 0. The van der Waals surface area contributed by atoms with Crippen molar-refractivity contribution in [2.45, 2.75) is 46.0 Å². The summed E-state index contributed by atoms with van der Waals surface area (Å²) in [5, 5.41) is 0. The second-order valence-corrected chi connectivity index (χ2v) is 4.54. The molecule has 2 heteroatoms. The Morgan fingerprint density at radius 1 is 1.27 bits per heavy atom. The van der Waals surface area contributed by atoms with Crippen LogP contribution in [0.1, 0.15) is 40.0 Å². The molecule has 1 saturated carbocycles. The van der Waals surface area contributed by atoms with Crippen molar-refractivity contribution in [1.29, 1.82) is 0 Å². The molecule has 66 valence electrons. The molecule has 0 radical (unpaired) electrons. The average molecular weight is 162 g/mol. The largest absolute Gasteiger partial charge is 0.251 e. The van der Waals surface area contributed by atoms with E-state index < -0.39 is 11.8 Å². The lowest BCUT2D eigenvalue weighted by Gasteiger charge is -2.39. The minimum atomic E-state index is -2.43. The van der Waals surface area contributed by atoms with Gasteiger partial charge in [-0.2, -0.15) is 0 Å². The molecule has 0 nitrogen and oxygen atoms in total. The lowest BCUT2D eigenvalue weighted by atomic mass is 9.71. The first-order valence-electron chi connectivity index (χ1n) is 4.21. The van der Waals surface area contributed by atoms with E-state index in [9.17, 15) is 8.78 Å². The summed E-state index contributed by atoms with van der Waals surface area (Å²) in [7, 11) is 0. The Kier molecular flexibility index (Phi) is 1.97. The Labute approximate surface area is 67.0 Å². The topological polar surface area (TPSA) is 0 Å². The number of hydrogen-bond donors (Lipinski definition) is 0. The minimum Gasteiger partial charge on any atom is -0.207 e. The van der Waals surface area contributed by atoms with Crippen molar-refractivity contribution >= 4 is 0 Å². The Hall–Kier alpha value is -0.140. The molecule has 0 N–H and O–H groups in total. The zero-order valence-corrected chi connectivity index (χ0v) is 7.45. The minimum absolute atomic E-state index is 0.0567. The molecule has 0 amide bonds. The van der Waals surface area contributed by atoms with Gasteiger partial charge in [0, 0.05) is 12.3 Å². The first kappa shape index (κ1) is 8.95. The van der Waals surface area contributed by atoms with Crippen LogP contribution in [0.4, 0.5) is 8.78 Å². The van der Waals surface area contributed by atoms with Crippen LogP contribution in [-0.2, 0) is 0 Å². The Bertz CT molecular complexity index is 150. The molecule has 1 fully saturated rings. The molecule has 11 heavy (non-hydrogen) atoms. The van der Waals surface area contributed by atoms with Gasteiger partial charge < -0.3 is 0 Å². The monoisotopic (exact) mass is 162 g/mol. The summed E-state index contributed by atoms with van der Waals surface area (Å²) in [6.07, 6.45) is 1.66. The van der Waals surface area contributed by atoms with E-state index in [0.717, 1.165) is 6.42 Å². The van der Waals surface area contributed by atoms with E-state index in [-0.39, 0.29) is 11.8 Å². The van der Waals surface area contributed by atoms with Crippen molar-refractivity contribution < 1.29 is 8.78 Å². The van der Waals surface area contributed by atoms with Crippen LogP contribution in [0.15, 0.2) is 0 Å². The highest BCUT2D eigenvalue weighted by Crippen LogP contribution is 2.46. The van der Waals surface area contributed by atoms with Crippen LogP contribution in [-0.4, -0.2) is 5.92 Å². The fourth-order valence-electron chi connectivity index (χ4n) is 1.72. The standard InChI is InChI=1S/C9H16F2/c1-7-4-5-8(2,3)6-9(7,10)11/h7H,4-6H2,1-3H3. The molecular formula is C9H16F2. The SMILES string of the molecule is CC1CCC(C)(C)CC1(F)F. The van der Waals surface area contributed by atoms with E-state index in [0.29, 0.717) is 6.42 Å². The molecular weight excluding hydrogens is 146 g/mol. The van der Waals surface area contributed by atoms with Gasteiger partial charge in [0.15, 0.2) is 0 Å². The molecule has 0 spiro atoms. The van der Waals surface area contributed by atoms with Crippen LogP contribution in [0.3, 0.4) is 0 Å². The van der Waals surface area contributed by atoms with Crippen LogP contribution < -0.4 is 0 Å². The third-order valence-electron chi connectivity index (χ3n) is 2.69. The second kappa shape index (κ2) is 2.43. The van der Waals surface area contributed by atoms with Gasteiger partial charge in [-0.05, 0) is 18.3 Å². The summed E-state index contributed by atoms with van der Waals surface area (Å²) in [5.74, 6) is -2.85. The normalized spacial score (nSPS) is 35.2. The summed E-state index contributed by atoms with van der Waals surface area (Å²) in [6.45, 7) is 5.49. The number of alkyl halides is 2. The van der Waals surface area contributed by atoms with Crippen LogP contribution in [0, 0.1) is 11.3 Å². The molecule has 0 aromatic rings. The van der Waals surface area contributed by atoms with Crippen LogP contribution in [0.5, 0.6) is 0 Å². The van der Waals surface area contributed by atoms with E-state index in [2.05, 4.69) is 0 Å². The van der Waals surface area contributed by atoms with Gasteiger partial charge in [0.1, 0.15) is 0 Å². The van der Waals surface area contributed by atoms with Crippen molar-refractivity contribution in [2.24, 2.45) is 11.3 Å². The van der Waals surface area contributed by atoms with Gasteiger partial charge >= 0.3 is 0 Å². The van der Waals surface area contributed by atoms with Crippen LogP contribution in [0.2, 0.25) is 0 Å². The molecule has 0 saturated heterocycles. The van der Waals surface area contributed by atoms with Crippen molar-refractivity contribution in [2.75, 3.05) is 0 Å². The highest BCUT2D eigenvalue weighted by molar-refractivity contribution is 4.88. The van der Waals surface area contributed by atoms with Gasteiger partial charge in [0.2, 0.25) is 0 Å². The molecule has 0 heterocycles. The summed E-state index contributed by atoms with van der Waals surface area (Å²) in [5.41, 5.74) is -0.157. The molecule has 1 aliphatic rings. The Morgan fingerprint density at radius 2 is 1.82 bits per heavy atom. The number of halogens is 2. The smallest absolute Gasteiger partial charge is 0.207 e. The van der Waals surface area contributed by atoms with Crippen LogP contribution in [0.25, 0.3) is 0 Å². The van der Waals surface area contributed by atoms with Crippen LogP contribution >= 0.6 is 0 Å². The lowest BCUT2D eigenvalue weighted by molar-refractivity contribution is -0.113. The zero-order valence-electron chi connectivity index (χ0n) is 7.45. The van der Waals surface area contributed by atoms with Crippen molar-refractivity contribution in [3.05, 3.63) is 0 Å². The fraction of sp³-hybridized carbons (Fsp3) is 1.00. The third kappa shape index (κ3) is 1.91. The maximum Gasteiger partial charge on any atom is 0.251 e. The van der Waals surface area contributed by atoms with Crippen molar-refractivity contribution in [3.8, 4) is 0 Å². The highest BCUT2D eigenvalue weighted by atomic mass is 19.3. The highest BCUT2D eigenvalue weighted by Gasteiger charge is 2.45. The maximum absolute atomic E-state index is 13.1. The van der Waals surface area contributed by atoms with E-state index in [1.54, 1.807) is 6.92 Å². The van der Waals surface area contributed by atoms with Crippen molar-refractivity contribution in [1.82, 2.24) is 0 Å². The molecule has 1 rings (SSSR count). The molecule has 0 bridgehead atoms. The molecule has 0 aromatic heterocycles. The van der Waals surface area contributed by atoms with Gasteiger partial charge in [-0.1, -0.05) is 20.8 Å². The third-order valence-corrected chi connectivity index (χ3v) is 2.69. The maximum atomic E-state index is 13.1. The number of rotatable bonds is 0. The van der Waals surface area contributed by atoms with E-state index in [4.69, 9.17) is 0 Å². The molecule has 1 unspecified atom stereocenters. The van der Waals surface area contributed by atoms with Gasteiger partial charge in [-0.3, -0.25) is 0 Å². The first-order chi connectivity index (χ1) is 4.83. The van der Waals surface area contributed by atoms with E-state index in [1.165, 1.54) is 0 Å². The molecule has 0 aromatic carbocycles. The summed E-state index contributed by atoms with van der Waals surface area (Å²) in [6, 6.07) is 0. The molecule has 0 aliphatic heterocycles. The lowest BCUT2D eigenvalue weighted by Crippen LogP contribution is -2.37. The van der Waals surface area contributed by atoms with Gasteiger partial charge in [0.25, 0.3) is 5.92 Å². The Balaban J connectivity index is 2.67. The summed E-state index contributed by atoms with van der Waals surface area (Å²) < 4.78 is 26.2. The molecule has 1 aliphatic carbocycles.